The topological polar surface area (TPSA) is 96.0 Å². The minimum Gasteiger partial charge on any atom is -0.379 e. The Balaban J connectivity index is 1.59. The molecule has 2 heterocycles. The van der Waals surface area contributed by atoms with E-state index in [0.717, 1.165) is 4.90 Å². The first-order chi connectivity index (χ1) is 14.8. The van der Waals surface area contributed by atoms with Crippen molar-refractivity contribution in [3.63, 3.8) is 0 Å². The Morgan fingerprint density at radius 1 is 1.16 bits per heavy atom. The molecule has 0 spiro atoms. The molecule has 1 N–H and O–H groups in total. The van der Waals surface area contributed by atoms with Gasteiger partial charge < -0.3 is 15.0 Å². The van der Waals surface area contributed by atoms with E-state index in [0.29, 0.717) is 29.6 Å². The summed E-state index contributed by atoms with van der Waals surface area (Å²) in [6.45, 7) is 1.00. The summed E-state index contributed by atoms with van der Waals surface area (Å²) in [6, 6.07) is 11.4. The summed E-state index contributed by atoms with van der Waals surface area (Å²) in [7, 11) is -3.73. The van der Waals surface area contributed by atoms with Gasteiger partial charge in [0.1, 0.15) is 6.54 Å². The van der Waals surface area contributed by atoms with Crippen LogP contribution in [0.3, 0.4) is 0 Å². The maximum Gasteiger partial charge on any atom is 0.244 e. The molecule has 31 heavy (non-hydrogen) atoms. The number of benzene rings is 2. The lowest BCUT2D eigenvalue weighted by Crippen LogP contribution is -2.42. The zero-order valence-electron chi connectivity index (χ0n) is 16.4. The number of hydrogen-bond acceptors (Lipinski definition) is 6. The summed E-state index contributed by atoms with van der Waals surface area (Å²) >= 11 is 7.27. The Hall–Kier alpha value is -2.11. The first kappa shape index (κ1) is 22.1. The number of rotatable bonds is 5. The number of halogens is 1. The Bertz CT molecular complexity index is 1120. The number of nitrogens with zero attached hydrogens (tertiary/aromatic N) is 2. The molecule has 0 aliphatic carbocycles. The normalized spacial score (nSPS) is 17.3. The summed E-state index contributed by atoms with van der Waals surface area (Å²) in [5.41, 5.74) is 0.928. The molecule has 8 nitrogen and oxygen atoms in total. The highest BCUT2D eigenvalue weighted by Crippen LogP contribution is 2.37. The maximum absolute atomic E-state index is 13.0. The summed E-state index contributed by atoms with van der Waals surface area (Å²) in [5.74, 6) is -0.498. The van der Waals surface area contributed by atoms with Crippen LogP contribution in [-0.2, 0) is 24.3 Å². The molecule has 2 aromatic carbocycles. The van der Waals surface area contributed by atoms with Crippen molar-refractivity contribution in [1.29, 1.82) is 0 Å². The third-order valence-corrected chi connectivity index (χ3v) is 8.07. The van der Waals surface area contributed by atoms with E-state index in [4.69, 9.17) is 16.3 Å². The summed E-state index contributed by atoms with van der Waals surface area (Å²) in [6.07, 6.45) is 0. The van der Waals surface area contributed by atoms with E-state index in [1.54, 1.807) is 30.3 Å². The molecule has 4 rings (SSSR count). The van der Waals surface area contributed by atoms with E-state index >= 15 is 0 Å². The predicted octanol–water partition coefficient (Wildman–Crippen LogP) is 2.44. The second-order valence-corrected chi connectivity index (χ2v) is 10.4. The third-order valence-electron chi connectivity index (χ3n) is 4.89. The molecule has 164 valence electrons. The number of sulfonamides is 1. The number of anilines is 2. The third kappa shape index (κ3) is 4.88. The molecule has 0 bridgehead atoms. The highest BCUT2D eigenvalue weighted by atomic mass is 35.5. The fraction of sp³-hybridized carbons (Fsp3) is 0.300. The first-order valence-electron chi connectivity index (χ1n) is 9.55. The second-order valence-electron chi connectivity index (χ2n) is 6.97. The molecule has 2 amide bonds. The molecule has 0 atom stereocenters. The molecule has 2 aromatic rings. The highest BCUT2D eigenvalue weighted by Gasteiger charge is 2.31. The molecule has 0 aromatic heterocycles. The molecule has 0 radical (unpaired) electrons. The summed E-state index contributed by atoms with van der Waals surface area (Å²) in [5, 5.41) is 3.19. The number of thioether (sulfide) groups is 1. The van der Waals surface area contributed by atoms with Gasteiger partial charge in [0.2, 0.25) is 21.8 Å². The van der Waals surface area contributed by atoms with Crippen LogP contribution in [0.15, 0.2) is 52.3 Å². The lowest BCUT2D eigenvalue weighted by atomic mass is 10.2. The number of carbonyl (C=O) groups excluding carboxylic acids is 2. The molecule has 11 heteroatoms. The largest absolute Gasteiger partial charge is 0.379 e. The SMILES string of the molecule is O=C(CN1C(=O)CSc2ccc(S(=O)(=O)N3CCOCC3)cc21)Nc1cccc(Cl)c1. The fourth-order valence-corrected chi connectivity index (χ4v) is 5.90. The van der Waals surface area contributed by atoms with Gasteiger partial charge in [-0.1, -0.05) is 17.7 Å². The van der Waals surface area contributed by atoms with E-state index in [1.165, 1.54) is 33.1 Å². The van der Waals surface area contributed by atoms with Crippen molar-refractivity contribution in [2.75, 3.05) is 48.8 Å². The van der Waals surface area contributed by atoms with Crippen molar-refractivity contribution in [3.05, 3.63) is 47.5 Å². The number of ether oxygens (including phenoxy) is 1. The van der Waals surface area contributed by atoms with Gasteiger partial charge in [0.05, 0.1) is 29.5 Å². The van der Waals surface area contributed by atoms with Crippen LogP contribution in [0.25, 0.3) is 0 Å². The van der Waals surface area contributed by atoms with Crippen LogP contribution in [0, 0.1) is 0 Å². The standard InChI is InChI=1S/C20H20ClN3O5S2/c21-14-2-1-3-15(10-14)22-19(25)12-24-17-11-16(4-5-18(17)30-13-20(24)26)31(27,28)23-6-8-29-9-7-23/h1-5,10-11H,6-9,12-13H2,(H,22,25). The van der Waals surface area contributed by atoms with E-state index in [-0.39, 0.29) is 36.2 Å². The van der Waals surface area contributed by atoms with Gasteiger partial charge in [-0.3, -0.25) is 9.59 Å². The quantitative estimate of drug-likeness (QED) is 0.704. The Labute approximate surface area is 189 Å². The summed E-state index contributed by atoms with van der Waals surface area (Å²) in [4.78, 5) is 27.3. The van der Waals surface area contributed by atoms with Gasteiger partial charge in [-0.2, -0.15) is 4.31 Å². The predicted molar refractivity (Wildman–Crippen MR) is 119 cm³/mol. The van der Waals surface area contributed by atoms with Crippen molar-refractivity contribution < 1.29 is 22.7 Å². The number of hydrogen-bond donors (Lipinski definition) is 1. The van der Waals surface area contributed by atoms with Crippen LogP contribution in [0.1, 0.15) is 0 Å². The number of amides is 2. The van der Waals surface area contributed by atoms with Crippen LogP contribution in [0.4, 0.5) is 11.4 Å². The Kier molecular flexibility index (Phi) is 6.54. The molecule has 0 unspecified atom stereocenters. The van der Waals surface area contributed by atoms with Crippen molar-refractivity contribution in [2.24, 2.45) is 0 Å². The lowest BCUT2D eigenvalue weighted by Gasteiger charge is -2.30. The van der Waals surface area contributed by atoms with Crippen LogP contribution in [0.5, 0.6) is 0 Å². The van der Waals surface area contributed by atoms with Gasteiger partial charge in [-0.15, -0.1) is 11.8 Å². The molecule has 2 aliphatic rings. The molecule has 2 aliphatic heterocycles. The van der Waals surface area contributed by atoms with Gasteiger partial charge in [0, 0.05) is 28.7 Å². The minimum atomic E-state index is -3.73. The van der Waals surface area contributed by atoms with Crippen LogP contribution in [-0.4, -0.2) is 63.1 Å². The van der Waals surface area contributed by atoms with Gasteiger partial charge in [-0.05, 0) is 36.4 Å². The number of carbonyl (C=O) groups is 2. The van der Waals surface area contributed by atoms with Gasteiger partial charge in [0.15, 0.2) is 0 Å². The number of fused-ring (bicyclic) bond motifs is 1. The lowest BCUT2D eigenvalue weighted by molar-refractivity contribution is -0.120. The average molecular weight is 482 g/mol. The number of nitrogens with one attached hydrogen (secondary N) is 1. The van der Waals surface area contributed by atoms with E-state index in [9.17, 15) is 18.0 Å². The van der Waals surface area contributed by atoms with Crippen molar-refractivity contribution >= 4 is 56.6 Å². The van der Waals surface area contributed by atoms with Crippen molar-refractivity contribution in [1.82, 2.24) is 4.31 Å². The van der Waals surface area contributed by atoms with Crippen molar-refractivity contribution in [3.8, 4) is 0 Å². The van der Waals surface area contributed by atoms with Gasteiger partial charge >= 0.3 is 0 Å². The molecular formula is C20H20ClN3O5S2. The Morgan fingerprint density at radius 2 is 1.94 bits per heavy atom. The fourth-order valence-electron chi connectivity index (χ4n) is 3.36. The first-order valence-corrected chi connectivity index (χ1v) is 12.4. The maximum atomic E-state index is 13.0. The summed E-state index contributed by atoms with van der Waals surface area (Å²) < 4.78 is 32.7. The van der Waals surface area contributed by atoms with Crippen molar-refractivity contribution in [2.45, 2.75) is 9.79 Å². The van der Waals surface area contributed by atoms with Crippen LogP contribution in [0.2, 0.25) is 5.02 Å². The zero-order chi connectivity index (χ0) is 22.0. The van der Waals surface area contributed by atoms with Crippen LogP contribution < -0.4 is 10.2 Å². The zero-order valence-corrected chi connectivity index (χ0v) is 18.8. The highest BCUT2D eigenvalue weighted by molar-refractivity contribution is 8.00. The molecular weight excluding hydrogens is 462 g/mol. The average Bonchev–Trinajstić information content (AvgIpc) is 2.76. The van der Waals surface area contributed by atoms with Gasteiger partial charge in [-0.25, -0.2) is 8.42 Å². The number of morpholine rings is 1. The van der Waals surface area contributed by atoms with E-state index < -0.39 is 15.9 Å². The van der Waals surface area contributed by atoms with E-state index in [2.05, 4.69) is 5.32 Å². The second kappa shape index (κ2) is 9.17. The van der Waals surface area contributed by atoms with Crippen LogP contribution >= 0.6 is 23.4 Å². The Morgan fingerprint density at radius 3 is 2.68 bits per heavy atom. The van der Waals surface area contributed by atoms with Gasteiger partial charge in [0.25, 0.3) is 0 Å². The van der Waals surface area contributed by atoms with E-state index in [1.807, 2.05) is 0 Å². The molecule has 1 fully saturated rings. The smallest absolute Gasteiger partial charge is 0.244 e. The minimum absolute atomic E-state index is 0.0868. The monoisotopic (exact) mass is 481 g/mol. The molecule has 0 saturated carbocycles. The molecule has 1 saturated heterocycles.